The van der Waals surface area contributed by atoms with Gasteiger partial charge < -0.3 is 10.4 Å². The van der Waals surface area contributed by atoms with Gasteiger partial charge in [-0.3, -0.25) is 4.79 Å². The summed E-state index contributed by atoms with van der Waals surface area (Å²) in [5.74, 6) is -0.00632. The zero-order valence-corrected chi connectivity index (χ0v) is 9.53. The third-order valence-corrected chi connectivity index (χ3v) is 2.44. The molecule has 0 fully saturated rings. The molecule has 0 spiro atoms. The molecule has 7 heteroatoms. The van der Waals surface area contributed by atoms with Gasteiger partial charge >= 0.3 is 5.97 Å². The van der Waals surface area contributed by atoms with Crippen molar-refractivity contribution in [3.8, 4) is 0 Å². The van der Waals surface area contributed by atoms with Crippen LogP contribution >= 0.6 is 11.8 Å². The van der Waals surface area contributed by atoms with Gasteiger partial charge in [-0.2, -0.15) is 11.8 Å². The minimum Gasteiger partial charge on any atom is -0.480 e. The van der Waals surface area contributed by atoms with E-state index in [1.807, 2.05) is 6.26 Å². The van der Waals surface area contributed by atoms with Crippen LogP contribution in [-0.4, -0.2) is 42.2 Å². The van der Waals surface area contributed by atoms with E-state index < -0.39 is 12.0 Å². The molecule has 0 bridgehead atoms. The fraction of sp³-hybridized carbons (Fsp3) is 0.875. The number of hydrogen-bond acceptors (Lipinski definition) is 4. The van der Waals surface area contributed by atoms with Crippen molar-refractivity contribution < 1.29 is 9.90 Å². The molecule has 0 rings (SSSR count). The Balaban J connectivity index is 3.66. The topological polar surface area (TPSA) is 98.1 Å². The first-order valence-electron chi connectivity index (χ1n) is 4.68. The number of rotatable bonds is 9. The lowest BCUT2D eigenvalue weighted by atomic mass is 10.2. The van der Waals surface area contributed by atoms with Crippen molar-refractivity contribution in [1.82, 2.24) is 5.32 Å². The van der Waals surface area contributed by atoms with Crippen molar-refractivity contribution in [3.63, 3.8) is 0 Å². The molecule has 1 atom stereocenters. The summed E-state index contributed by atoms with van der Waals surface area (Å²) in [5.41, 5.74) is 8.02. The molecule has 0 aliphatic carbocycles. The Kier molecular flexibility index (Phi) is 9.05. The van der Waals surface area contributed by atoms with E-state index in [4.69, 9.17) is 10.6 Å². The van der Waals surface area contributed by atoms with E-state index in [0.717, 1.165) is 5.75 Å². The van der Waals surface area contributed by atoms with Crippen LogP contribution in [0.2, 0.25) is 0 Å². The first-order valence-corrected chi connectivity index (χ1v) is 6.07. The molecular weight excluding hydrogens is 216 g/mol. The highest BCUT2D eigenvalue weighted by atomic mass is 32.2. The lowest BCUT2D eigenvalue weighted by molar-refractivity contribution is -0.139. The molecule has 2 N–H and O–H groups in total. The lowest BCUT2D eigenvalue weighted by Gasteiger charge is -2.12. The van der Waals surface area contributed by atoms with E-state index in [-0.39, 0.29) is 0 Å². The molecule has 0 saturated carbocycles. The molecule has 6 nitrogen and oxygen atoms in total. The maximum atomic E-state index is 10.8. The highest BCUT2D eigenvalue weighted by molar-refractivity contribution is 7.98. The van der Waals surface area contributed by atoms with E-state index in [9.17, 15) is 4.79 Å². The second-order valence-electron chi connectivity index (χ2n) is 2.93. The highest BCUT2D eigenvalue weighted by Crippen LogP contribution is 2.00. The van der Waals surface area contributed by atoms with Crippen LogP contribution in [0.25, 0.3) is 10.4 Å². The van der Waals surface area contributed by atoms with E-state index in [1.165, 1.54) is 0 Å². The Hall–Kier alpha value is -0.910. The average Bonchev–Trinajstić information content (AvgIpc) is 2.21. The molecule has 0 aromatic rings. The fourth-order valence-electron chi connectivity index (χ4n) is 1.02. The summed E-state index contributed by atoms with van der Waals surface area (Å²) in [6.45, 7) is 0.961. The van der Waals surface area contributed by atoms with Crippen LogP contribution in [0.1, 0.15) is 12.8 Å². The van der Waals surface area contributed by atoms with Crippen molar-refractivity contribution in [2.45, 2.75) is 18.9 Å². The Morgan fingerprint density at radius 1 is 1.73 bits per heavy atom. The minimum atomic E-state index is -0.826. The molecular formula is C8H16N4O2S. The molecule has 0 aromatic heterocycles. The van der Waals surface area contributed by atoms with Crippen LogP contribution in [0.5, 0.6) is 0 Å². The summed E-state index contributed by atoms with van der Waals surface area (Å²) < 4.78 is 0. The number of nitrogens with zero attached hydrogens (tertiary/aromatic N) is 3. The van der Waals surface area contributed by atoms with Crippen LogP contribution in [0.4, 0.5) is 0 Å². The highest BCUT2D eigenvalue weighted by Gasteiger charge is 2.14. The van der Waals surface area contributed by atoms with Gasteiger partial charge in [0.05, 0.1) is 0 Å². The van der Waals surface area contributed by atoms with Crippen LogP contribution in [0.15, 0.2) is 5.11 Å². The van der Waals surface area contributed by atoms with Gasteiger partial charge in [0.25, 0.3) is 0 Å². The summed E-state index contributed by atoms with van der Waals surface area (Å²) in [6, 6.07) is -0.497. The van der Waals surface area contributed by atoms with Gasteiger partial charge in [0, 0.05) is 11.5 Å². The Bertz CT molecular complexity index is 231. The molecule has 15 heavy (non-hydrogen) atoms. The van der Waals surface area contributed by atoms with Crippen LogP contribution in [0.3, 0.4) is 0 Å². The van der Waals surface area contributed by atoms with E-state index in [0.29, 0.717) is 25.9 Å². The predicted molar refractivity (Wildman–Crippen MR) is 61.1 cm³/mol. The van der Waals surface area contributed by atoms with Gasteiger partial charge in [-0.25, -0.2) is 0 Å². The molecule has 0 heterocycles. The van der Waals surface area contributed by atoms with Crippen LogP contribution in [0, 0.1) is 0 Å². The average molecular weight is 232 g/mol. The molecule has 86 valence electrons. The van der Waals surface area contributed by atoms with Gasteiger partial charge in [0.1, 0.15) is 6.04 Å². The first-order chi connectivity index (χ1) is 7.22. The van der Waals surface area contributed by atoms with Crippen molar-refractivity contribution >= 4 is 17.7 Å². The predicted octanol–water partition coefficient (Wildman–Crippen LogP) is 1.48. The van der Waals surface area contributed by atoms with Crippen molar-refractivity contribution in [2.24, 2.45) is 5.11 Å². The standard InChI is InChI=1S/C8H16N4O2S/c1-15-6-3-7(8(13)14)10-4-2-5-11-12-9/h7,10H,2-6H2,1H3,(H,13,14). The van der Waals surface area contributed by atoms with E-state index in [1.54, 1.807) is 11.8 Å². The first kappa shape index (κ1) is 14.1. The number of carboxylic acid groups (broad SMARTS) is 1. The fourth-order valence-corrected chi connectivity index (χ4v) is 1.49. The van der Waals surface area contributed by atoms with Gasteiger partial charge in [-0.1, -0.05) is 5.11 Å². The van der Waals surface area contributed by atoms with E-state index >= 15 is 0 Å². The van der Waals surface area contributed by atoms with Crippen LogP contribution < -0.4 is 5.32 Å². The molecule has 0 aromatic carbocycles. The number of aliphatic carboxylic acids is 1. The summed E-state index contributed by atoms with van der Waals surface area (Å²) in [4.78, 5) is 13.4. The van der Waals surface area contributed by atoms with Gasteiger partial charge in [-0.05, 0) is 36.9 Å². The number of carbonyl (C=O) groups is 1. The molecule has 0 aliphatic heterocycles. The van der Waals surface area contributed by atoms with Gasteiger partial charge in [-0.15, -0.1) is 0 Å². The molecule has 1 unspecified atom stereocenters. The monoisotopic (exact) mass is 232 g/mol. The number of carboxylic acids is 1. The third-order valence-electron chi connectivity index (χ3n) is 1.80. The second kappa shape index (κ2) is 9.64. The number of nitrogens with one attached hydrogen (secondary N) is 1. The van der Waals surface area contributed by atoms with Crippen molar-refractivity contribution in [1.29, 1.82) is 0 Å². The quantitative estimate of drug-likeness (QED) is 0.272. The normalized spacial score (nSPS) is 11.8. The number of hydrogen-bond donors (Lipinski definition) is 2. The zero-order valence-electron chi connectivity index (χ0n) is 8.72. The summed E-state index contributed by atoms with van der Waals surface area (Å²) >= 11 is 1.62. The molecule has 0 aliphatic rings. The molecule has 0 saturated heterocycles. The Morgan fingerprint density at radius 3 is 3.00 bits per heavy atom. The summed E-state index contributed by atoms with van der Waals surface area (Å²) in [6.07, 6.45) is 3.21. The maximum absolute atomic E-state index is 10.8. The van der Waals surface area contributed by atoms with Crippen molar-refractivity contribution in [2.75, 3.05) is 25.1 Å². The summed E-state index contributed by atoms with van der Waals surface area (Å²) in [7, 11) is 0. The van der Waals surface area contributed by atoms with Crippen molar-refractivity contribution in [3.05, 3.63) is 10.4 Å². The van der Waals surface area contributed by atoms with Crippen LogP contribution in [-0.2, 0) is 4.79 Å². The van der Waals surface area contributed by atoms with Gasteiger partial charge in [0.2, 0.25) is 0 Å². The van der Waals surface area contributed by atoms with E-state index in [2.05, 4.69) is 15.3 Å². The minimum absolute atomic E-state index is 0.401. The lowest BCUT2D eigenvalue weighted by Crippen LogP contribution is -2.37. The number of azide groups is 1. The Morgan fingerprint density at radius 2 is 2.47 bits per heavy atom. The largest absolute Gasteiger partial charge is 0.480 e. The maximum Gasteiger partial charge on any atom is 0.320 e. The smallest absolute Gasteiger partial charge is 0.320 e. The molecule has 0 radical (unpaired) electrons. The zero-order chi connectivity index (χ0) is 11.5. The SMILES string of the molecule is CSCCC(NCCCN=[N+]=[N-])C(=O)O. The molecule has 0 amide bonds. The van der Waals surface area contributed by atoms with Gasteiger partial charge in [0.15, 0.2) is 0 Å². The third kappa shape index (κ3) is 8.11. The Labute approximate surface area is 93.1 Å². The second-order valence-corrected chi connectivity index (χ2v) is 3.92. The summed E-state index contributed by atoms with van der Waals surface area (Å²) in [5, 5.41) is 15.1. The number of thioether (sulfide) groups is 1.